The van der Waals surface area contributed by atoms with Crippen molar-refractivity contribution in [3.63, 3.8) is 0 Å². The first-order valence-corrected chi connectivity index (χ1v) is 7.37. The van der Waals surface area contributed by atoms with Crippen LogP contribution < -0.4 is 9.64 Å². The minimum Gasteiger partial charge on any atom is -0.495 e. The Kier molecular flexibility index (Phi) is 6.26. The number of hydrogen-bond acceptors (Lipinski definition) is 3. The lowest BCUT2D eigenvalue weighted by molar-refractivity contribution is 0.139. The van der Waals surface area contributed by atoms with E-state index in [1.165, 1.54) is 24.1 Å². The first-order chi connectivity index (χ1) is 9.56. The van der Waals surface area contributed by atoms with E-state index < -0.39 is 11.9 Å². The van der Waals surface area contributed by atoms with Crippen LogP contribution in [0, 0.1) is 5.82 Å². The predicted octanol–water partition coefficient (Wildman–Crippen LogP) is 4.36. The number of anilines is 1. The average molecular weight is 348 g/mol. The van der Waals surface area contributed by atoms with E-state index in [4.69, 9.17) is 9.47 Å². The fraction of sp³-hybridized carbons (Fsp3) is 0.500. The lowest BCUT2D eigenvalue weighted by Gasteiger charge is -2.17. The Morgan fingerprint density at radius 2 is 2.15 bits per heavy atom. The molecule has 1 atom stereocenters. The third-order valence-electron chi connectivity index (χ3n) is 2.84. The third-order valence-corrected chi connectivity index (χ3v) is 3.45. The van der Waals surface area contributed by atoms with Crippen molar-refractivity contribution < 1.29 is 18.7 Å². The van der Waals surface area contributed by atoms with Gasteiger partial charge in [-0.15, -0.1) is 0 Å². The van der Waals surface area contributed by atoms with Crippen LogP contribution in [-0.2, 0) is 4.74 Å². The molecule has 0 aliphatic carbocycles. The minimum atomic E-state index is -0.470. The number of carbonyl (C=O) groups excluding carboxylic acids is 1. The predicted molar refractivity (Wildman–Crippen MR) is 79.9 cm³/mol. The first kappa shape index (κ1) is 16.8. The molecule has 1 aliphatic heterocycles. The quantitative estimate of drug-likeness (QED) is 0.815. The molecule has 0 radical (unpaired) electrons. The number of amides is 1. The summed E-state index contributed by atoms with van der Waals surface area (Å²) in [5.41, 5.74) is 0.388. The molecular weight excluding hydrogens is 329 g/mol. The molecule has 20 heavy (non-hydrogen) atoms. The zero-order valence-electron chi connectivity index (χ0n) is 12.1. The number of halogens is 2. The summed E-state index contributed by atoms with van der Waals surface area (Å²) >= 11 is 3.08. The molecule has 0 spiro atoms. The molecular formula is C14H19BrFNO3. The van der Waals surface area contributed by atoms with Gasteiger partial charge in [-0.2, -0.15) is 0 Å². The summed E-state index contributed by atoms with van der Waals surface area (Å²) in [6, 6.07) is 2.76. The molecule has 0 saturated carbocycles. The van der Waals surface area contributed by atoms with Crippen molar-refractivity contribution in [3.8, 4) is 5.75 Å². The van der Waals surface area contributed by atoms with Crippen LogP contribution in [0.2, 0.25) is 0 Å². The van der Waals surface area contributed by atoms with Gasteiger partial charge in [0, 0.05) is 6.07 Å². The van der Waals surface area contributed by atoms with Crippen molar-refractivity contribution in [2.24, 2.45) is 0 Å². The van der Waals surface area contributed by atoms with E-state index in [2.05, 4.69) is 15.9 Å². The molecule has 0 unspecified atom stereocenters. The van der Waals surface area contributed by atoms with Crippen LogP contribution in [0.15, 0.2) is 16.6 Å². The van der Waals surface area contributed by atoms with Crippen LogP contribution in [0.3, 0.4) is 0 Å². The van der Waals surface area contributed by atoms with Gasteiger partial charge in [0.15, 0.2) is 0 Å². The van der Waals surface area contributed by atoms with Gasteiger partial charge in [-0.3, -0.25) is 4.90 Å². The van der Waals surface area contributed by atoms with E-state index >= 15 is 0 Å². The fourth-order valence-electron chi connectivity index (χ4n) is 1.82. The monoisotopic (exact) mass is 347 g/mol. The Bertz CT molecular complexity index is 482. The summed E-state index contributed by atoms with van der Waals surface area (Å²) in [6.07, 6.45) is 0.0969. The average Bonchev–Trinajstić information content (AvgIpc) is 2.84. The van der Waals surface area contributed by atoms with Crippen LogP contribution in [0.25, 0.3) is 0 Å². The van der Waals surface area contributed by atoms with Crippen LogP contribution in [0.1, 0.15) is 27.2 Å². The van der Waals surface area contributed by atoms with Gasteiger partial charge < -0.3 is 9.47 Å². The van der Waals surface area contributed by atoms with E-state index in [1.54, 1.807) is 0 Å². The van der Waals surface area contributed by atoms with Crippen molar-refractivity contribution in [1.82, 2.24) is 0 Å². The largest absolute Gasteiger partial charge is 0.495 e. The van der Waals surface area contributed by atoms with E-state index in [0.717, 1.165) is 6.42 Å². The highest BCUT2D eigenvalue weighted by Crippen LogP contribution is 2.35. The second-order valence-corrected chi connectivity index (χ2v) is 4.82. The molecule has 1 aromatic carbocycles. The summed E-state index contributed by atoms with van der Waals surface area (Å²) in [7, 11) is 1.47. The number of ether oxygens (including phenoxy) is 2. The summed E-state index contributed by atoms with van der Waals surface area (Å²) in [4.78, 5) is 13.1. The molecule has 4 nitrogen and oxygen atoms in total. The van der Waals surface area contributed by atoms with E-state index in [1.807, 2.05) is 20.8 Å². The Labute approximate surface area is 127 Å². The minimum absolute atomic E-state index is 0.158. The topological polar surface area (TPSA) is 38.8 Å². The molecule has 1 amide bonds. The Morgan fingerprint density at radius 1 is 1.50 bits per heavy atom. The Hall–Kier alpha value is -1.30. The highest BCUT2D eigenvalue weighted by atomic mass is 79.9. The standard InChI is InChI=1S/C12H13BrFNO3.C2H6/c1-3-7-6-15(12(16)18-7)10-5-9(14)8(13)4-11(10)17-2;1-2/h4-5,7H,3,6H2,1-2H3;1-2H3/t7-;/m0./s1. The van der Waals surface area contributed by atoms with Crippen molar-refractivity contribution >= 4 is 27.7 Å². The Morgan fingerprint density at radius 3 is 2.65 bits per heavy atom. The molecule has 1 aliphatic rings. The van der Waals surface area contributed by atoms with Crippen LogP contribution >= 0.6 is 15.9 Å². The number of cyclic esters (lactones) is 1. The lowest BCUT2D eigenvalue weighted by atomic mass is 10.2. The summed E-state index contributed by atoms with van der Waals surface area (Å²) in [5.74, 6) is -0.0180. The zero-order chi connectivity index (χ0) is 15.3. The Balaban J connectivity index is 0.000000956. The molecule has 0 N–H and O–H groups in total. The molecule has 1 heterocycles. The molecule has 1 aromatic rings. The van der Waals surface area contributed by atoms with Crippen molar-refractivity contribution in [3.05, 3.63) is 22.4 Å². The van der Waals surface area contributed by atoms with E-state index in [9.17, 15) is 9.18 Å². The summed E-state index contributed by atoms with van der Waals surface area (Å²) in [5, 5.41) is 0. The SMILES string of the molecule is CC.CC[C@H]1CN(c2cc(F)c(Br)cc2OC)C(=O)O1. The van der Waals surface area contributed by atoms with Gasteiger partial charge in [-0.1, -0.05) is 20.8 Å². The molecule has 6 heteroatoms. The molecule has 1 fully saturated rings. The van der Waals surface area contributed by atoms with Gasteiger partial charge in [-0.25, -0.2) is 9.18 Å². The number of benzene rings is 1. The van der Waals surface area contributed by atoms with Crippen molar-refractivity contribution in [2.45, 2.75) is 33.3 Å². The van der Waals surface area contributed by atoms with Gasteiger partial charge in [0.25, 0.3) is 0 Å². The van der Waals surface area contributed by atoms with E-state index in [-0.39, 0.29) is 6.10 Å². The van der Waals surface area contributed by atoms with Gasteiger partial charge in [0.2, 0.25) is 0 Å². The maximum atomic E-state index is 13.6. The first-order valence-electron chi connectivity index (χ1n) is 6.58. The van der Waals surface area contributed by atoms with Crippen LogP contribution in [-0.4, -0.2) is 25.9 Å². The molecule has 112 valence electrons. The summed E-state index contributed by atoms with van der Waals surface area (Å²) < 4.78 is 24.2. The zero-order valence-corrected chi connectivity index (χ0v) is 13.7. The normalized spacial score (nSPS) is 17.4. The smallest absolute Gasteiger partial charge is 0.414 e. The number of nitrogens with zero attached hydrogens (tertiary/aromatic N) is 1. The van der Waals surface area contributed by atoms with Gasteiger partial charge >= 0.3 is 6.09 Å². The van der Waals surface area contributed by atoms with Crippen LogP contribution in [0.5, 0.6) is 5.75 Å². The van der Waals surface area contributed by atoms with E-state index in [0.29, 0.717) is 22.5 Å². The number of methoxy groups -OCH3 is 1. The summed E-state index contributed by atoms with van der Waals surface area (Å²) in [6.45, 7) is 6.34. The highest BCUT2D eigenvalue weighted by molar-refractivity contribution is 9.10. The molecule has 0 aromatic heterocycles. The van der Waals surface area contributed by atoms with Gasteiger partial charge in [0.1, 0.15) is 17.7 Å². The fourth-order valence-corrected chi connectivity index (χ4v) is 2.15. The number of carbonyl (C=O) groups is 1. The molecule has 0 bridgehead atoms. The van der Waals surface area contributed by atoms with Crippen molar-refractivity contribution in [1.29, 1.82) is 0 Å². The number of hydrogen-bond donors (Lipinski definition) is 0. The maximum absolute atomic E-state index is 13.6. The second kappa shape index (κ2) is 7.47. The van der Waals surface area contributed by atoms with Crippen molar-refractivity contribution in [2.75, 3.05) is 18.6 Å². The van der Waals surface area contributed by atoms with Gasteiger partial charge in [0.05, 0.1) is 23.8 Å². The molecule has 1 saturated heterocycles. The van der Waals surface area contributed by atoms with Crippen LogP contribution in [0.4, 0.5) is 14.9 Å². The third kappa shape index (κ3) is 3.42. The number of rotatable bonds is 3. The second-order valence-electron chi connectivity index (χ2n) is 3.96. The molecule has 2 rings (SSSR count). The lowest BCUT2D eigenvalue weighted by Crippen LogP contribution is -2.25. The maximum Gasteiger partial charge on any atom is 0.414 e. The highest BCUT2D eigenvalue weighted by Gasteiger charge is 2.33. The van der Waals surface area contributed by atoms with Gasteiger partial charge in [-0.05, 0) is 28.4 Å².